The lowest BCUT2D eigenvalue weighted by molar-refractivity contribution is -0.122. The van der Waals surface area contributed by atoms with Crippen LogP contribution in [-0.2, 0) is 11.3 Å². The molecule has 2 N–H and O–H groups in total. The number of hydrogen-bond donors (Lipinski definition) is 2. The van der Waals surface area contributed by atoms with E-state index in [0.29, 0.717) is 6.54 Å². The zero-order valence-corrected chi connectivity index (χ0v) is 10.4. The van der Waals surface area contributed by atoms with Crippen molar-refractivity contribution in [3.63, 3.8) is 0 Å². The van der Waals surface area contributed by atoms with Crippen molar-refractivity contribution in [3.8, 4) is 11.4 Å². The average Bonchev–Trinajstić information content (AvgIpc) is 2.78. The van der Waals surface area contributed by atoms with Gasteiger partial charge in [-0.15, -0.1) is 0 Å². The summed E-state index contributed by atoms with van der Waals surface area (Å²) >= 11 is 0. The molecule has 0 saturated heterocycles. The molecule has 0 bridgehead atoms. The van der Waals surface area contributed by atoms with Crippen molar-refractivity contribution in [1.82, 2.24) is 9.55 Å². The molecule has 0 radical (unpaired) electrons. The van der Waals surface area contributed by atoms with Crippen LogP contribution >= 0.6 is 0 Å². The lowest BCUT2D eigenvalue weighted by Gasteiger charge is -2.09. The van der Waals surface area contributed by atoms with Gasteiger partial charge in [-0.05, 0) is 31.2 Å². The quantitative estimate of drug-likeness (QED) is 0.830. The fourth-order valence-electron chi connectivity index (χ4n) is 1.60. The van der Waals surface area contributed by atoms with Crippen molar-refractivity contribution >= 4 is 6.47 Å². The molecule has 0 fully saturated rings. The lowest BCUT2D eigenvalue weighted by atomic mass is 10.2. The lowest BCUT2D eigenvalue weighted by Crippen LogP contribution is -2.11. The summed E-state index contributed by atoms with van der Waals surface area (Å²) in [5, 5.41) is 16.2. The van der Waals surface area contributed by atoms with Gasteiger partial charge in [-0.25, -0.2) is 9.37 Å². The van der Waals surface area contributed by atoms with Gasteiger partial charge in [-0.3, -0.25) is 4.79 Å². The summed E-state index contributed by atoms with van der Waals surface area (Å²) in [6.45, 7) is 1.95. The molecule has 1 aromatic heterocycles. The minimum absolute atomic E-state index is 0.250. The molecular weight excluding hydrogens is 251 g/mol. The fourth-order valence-corrected chi connectivity index (χ4v) is 1.60. The van der Waals surface area contributed by atoms with Gasteiger partial charge in [-0.1, -0.05) is 0 Å². The van der Waals surface area contributed by atoms with Gasteiger partial charge < -0.3 is 14.8 Å². The highest BCUT2D eigenvalue weighted by Crippen LogP contribution is 2.17. The Labute approximate surface area is 110 Å². The summed E-state index contributed by atoms with van der Waals surface area (Å²) < 4.78 is 14.6. The third kappa shape index (κ3) is 4.51. The molecule has 1 heterocycles. The first kappa shape index (κ1) is 14.8. The molecule has 2 rings (SSSR count). The number of aliphatic hydroxyl groups excluding tert-OH is 1. The molecule has 2 aromatic rings. The average molecular weight is 266 g/mol. The maximum Gasteiger partial charge on any atom is 0.290 e. The first-order valence-electron chi connectivity index (χ1n) is 5.61. The van der Waals surface area contributed by atoms with Crippen LogP contribution in [0.3, 0.4) is 0 Å². The van der Waals surface area contributed by atoms with Crippen LogP contribution < -0.4 is 0 Å². The molecular formula is C13H15FN2O3. The molecule has 6 heteroatoms. The summed E-state index contributed by atoms with van der Waals surface area (Å²) in [5.41, 5.74) is 0.840. The molecule has 19 heavy (non-hydrogen) atoms. The number of carboxylic acid groups (broad SMARTS) is 1. The van der Waals surface area contributed by atoms with Crippen molar-refractivity contribution in [2.45, 2.75) is 19.6 Å². The highest BCUT2D eigenvalue weighted by atomic mass is 19.1. The molecule has 0 amide bonds. The maximum absolute atomic E-state index is 12.8. The highest BCUT2D eigenvalue weighted by Gasteiger charge is 2.07. The van der Waals surface area contributed by atoms with E-state index < -0.39 is 6.10 Å². The molecule has 0 saturated carbocycles. The highest BCUT2D eigenvalue weighted by molar-refractivity contribution is 5.55. The van der Waals surface area contributed by atoms with E-state index >= 15 is 0 Å². The van der Waals surface area contributed by atoms with Crippen molar-refractivity contribution in [2.75, 3.05) is 0 Å². The van der Waals surface area contributed by atoms with Crippen LogP contribution in [0.1, 0.15) is 6.92 Å². The summed E-state index contributed by atoms with van der Waals surface area (Å²) in [6, 6.07) is 6.15. The predicted molar refractivity (Wildman–Crippen MR) is 68.0 cm³/mol. The minimum Gasteiger partial charge on any atom is -0.483 e. The van der Waals surface area contributed by atoms with Crippen LogP contribution in [0, 0.1) is 5.82 Å². The largest absolute Gasteiger partial charge is 0.483 e. The molecule has 1 atom stereocenters. The second-order valence-corrected chi connectivity index (χ2v) is 3.86. The first-order valence-corrected chi connectivity index (χ1v) is 5.61. The summed E-state index contributed by atoms with van der Waals surface area (Å²) in [5.74, 6) is 0.471. The van der Waals surface area contributed by atoms with Gasteiger partial charge in [0.15, 0.2) is 0 Å². The van der Waals surface area contributed by atoms with Crippen LogP contribution in [0.2, 0.25) is 0 Å². The monoisotopic (exact) mass is 266 g/mol. The van der Waals surface area contributed by atoms with Crippen molar-refractivity contribution in [3.05, 3.63) is 42.5 Å². The number of nitrogens with zero attached hydrogens (tertiary/aromatic N) is 2. The minimum atomic E-state index is -0.437. The smallest absolute Gasteiger partial charge is 0.290 e. The Morgan fingerprint density at radius 2 is 2.00 bits per heavy atom. The van der Waals surface area contributed by atoms with Crippen LogP contribution in [0.15, 0.2) is 36.7 Å². The van der Waals surface area contributed by atoms with Crippen molar-refractivity contribution < 1.29 is 19.4 Å². The molecule has 5 nitrogen and oxygen atoms in total. The molecule has 1 aromatic carbocycles. The summed E-state index contributed by atoms with van der Waals surface area (Å²) in [6.07, 6.45) is 3.03. The number of hydrogen-bond acceptors (Lipinski definition) is 3. The Bertz CT molecular complexity index is 509. The maximum atomic E-state index is 12.8. The summed E-state index contributed by atoms with van der Waals surface area (Å²) in [4.78, 5) is 12.6. The van der Waals surface area contributed by atoms with E-state index in [9.17, 15) is 9.50 Å². The number of benzene rings is 1. The number of rotatable bonds is 3. The molecule has 0 unspecified atom stereocenters. The molecule has 0 aliphatic carbocycles. The predicted octanol–water partition coefficient (Wildman–Crippen LogP) is 1.77. The number of carbonyl (C=O) groups is 1. The van der Waals surface area contributed by atoms with Gasteiger partial charge in [0.05, 0.1) is 6.10 Å². The van der Waals surface area contributed by atoms with E-state index in [1.165, 1.54) is 12.1 Å². The van der Waals surface area contributed by atoms with E-state index in [0.717, 1.165) is 11.4 Å². The zero-order valence-electron chi connectivity index (χ0n) is 10.4. The zero-order chi connectivity index (χ0) is 14.3. The van der Waals surface area contributed by atoms with Gasteiger partial charge in [0.2, 0.25) is 0 Å². The van der Waals surface area contributed by atoms with Crippen LogP contribution in [0.25, 0.3) is 11.4 Å². The molecule has 0 spiro atoms. The Morgan fingerprint density at radius 3 is 2.53 bits per heavy atom. The van der Waals surface area contributed by atoms with Gasteiger partial charge in [-0.2, -0.15) is 0 Å². The summed E-state index contributed by atoms with van der Waals surface area (Å²) in [7, 11) is 0. The normalized spacial score (nSPS) is 11.3. The van der Waals surface area contributed by atoms with E-state index in [-0.39, 0.29) is 12.3 Å². The first-order chi connectivity index (χ1) is 9.08. The second-order valence-electron chi connectivity index (χ2n) is 3.86. The van der Waals surface area contributed by atoms with Gasteiger partial charge >= 0.3 is 0 Å². The Morgan fingerprint density at radius 1 is 1.42 bits per heavy atom. The number of aliphatic hydroxyl groups is 1. The van der Waals surface area contributed by atoms with Crippen LogP contribution in [0.4, 0.5) is 4.39 Å². The van der Waals surface area contributed by atoms with Crippen LogP contribution in [-0.4, -0.2) is 32.3 Å². The Balaban J connectivity index is 0.000000550. The Kier molecular flexibility index (Phi) is 5.69. The van der Waals surface area contributed by atoms with E-state index in [1.807, 2.05) is 4.57 Å². The molecule has 0 aliphatic heterocycles. The molecule has 0 aliphatic rings. The Hall–Kier alpha value is -2.21. The van der Waals surface area contributed by atoms with E-state index in [1.54, 1.807) is 31.5 Å². The third-order valence-electron chi connectivity index (χ3n) is 2.28. The SMILES string of the molecule is C[C@H](O)Cn1ccnc1-c1ccc(F)cc1.O=CO. The van der Waals surface area contributed by atoms with Gasteiger partial charge in [0, 0.05) is 24.5 Å². The number of imidazole rings is 1. The van der Waals surface area contributed by atoms with Crippen LogP contribution in [0.5, 0.6) is 0 Å². The van der Waals surface area contributed by atoms with Gasteiger partial charge in [0.25, 0.3) is 6.47 Å². The second kappa shape index (κ2) is 7.27. The van der Waals surface area contributed by atoms with Crippen molar-refractivity contribution in [1.29, 1.82) is 0 Å². The molecule has 102 valence electrons. The number of aromatic nitrogens is 2. The van der Waals surface area contributed by atoms with Crippen molar-refractivity contribution in [2.24, 2.45) is 0 Å². The van der Waals surface area contributed by atoms with E-state index in [2.05, 4.69) is 4.98 Å². The fraction of sp³-hybridized carbons (Fsp3) is 0.231. The standard InChI is InChI=1S/C12H13FN2O.CH2O2/c1-9(16)8-15-7-6-14-12(15)10-2-4-11(13)5-3-10;2-1-3/h2-7,9,16H,8H2,1H3;1H,(H,2,3)/t9-;/m0./s1. The third-order valence-corrected chi connectivity index (χ3v) is 2.28. The van der Waals surface area contributed by atoms with Gasteiger partial charge in [0.1, 0.15) is 11.6 Å². The topological polar surface area (TPSA) is 75.3 Å². The van der Waals surface area contributed by atoms with E-state index in [4.69, 9.17) is 9.90 Å². The number of halogens is 1.